The Morgan fingerprint density at radius 3 is 2.60 bits per heavy atom. The molecule has 1 aromatic heterocycles. The molecule has 2 aromatic rings. The molecule has 0 aliphatic carbocycles. The SMILES string of the molecule is CCn1nc(C)c(C)c1-c1cccc(CCN(C)C)c1. The van der Waals surface area contributed by atoms with Crippen LogP contribution in [0, 0.1) is 13.8 Å². The zero-order valence-corrected chi connectivity index (χ0v) is 13.3. The Morgan fingerprint density at radius 1 is 1.20 bits per heavy atom. The summed E-state index contributed by atoms with van der Waals surface area (Å²) in [5.41, 5.74) is 6.34. The summed E-state index contributed by atoms with van der Waals surface area (Å²) in [5, 5.41) is 4.62. The molecule has 0 N–H and O–H groups in total. The molecule has 0 fully saturated rings. The molecule has 0 atom stereocenters. The van der Waals surface area contributed by atoms with Gasteiger partial charge in [-0.05, 0) is 58.5 Å². The first-order valence-corrected chi connectivity index (χ1v) is 7.31. The van der Waals surface area contributed by atoms with Crippen LogP contribution < -0.4 is 0 Å². The van der Waals surface area contributed by atoms with E-state index in [0.29, 0.717) is 0 Å². The summed E-state index contributed by atoms with van der Waals surface area (Å²) in [6.07, 6.45) is 1.08. The summed E-state index contributed by atoms with van der Waals surface area (Å²) in [4.78, 5) is 2.22. The van der Waals surface area contributed by atoms with Gasteiger partial charge in [-0.1, -0.05) is 18.2 Å². The predicted molar refractivity (Wildman–Crippen MR) is 85.1 cm³/mol. The van der Waals surface area contributed by atoms with E-state index in [1.807, 2.05) is 0 Å². The van der Waals surface area contributed by atoms with E-state index >= 15 is 0 Å². The number of benzene rings is 1. The number of hydrogen-bond donors (Lipinski definition) is 0. The highest BCUT2D eigenvalue weighted by Gasteiger charge is 2.12. The van der Waals surface area contributed by atoms with Gasteiger partial charge in [0.25, 0.3) is 0 Å². The van der Waals surface area contributed by atoms with Gasteiger partial charge in [-0.2, -0.15) is 5.10 Å². The number of aromatic nitrogens is 2. The number of hydrogen-bond acceptors (Lipinski definition) is 2. The van der Waals surface area contributed by atoms with Gasteiger partial charge in [0.05, 0.1) is 11.4 Å². The molecular weight excluding hydrogens is 246 g/mol. The van der Waals surface area contributed by atoms with Gasteiger partial charge in [-0.25, -0.2) is 0 Å². The molecule has 20 heavy (non-hydrogen) atoms. The van der Waals surface area contributed by atoms with Crippen molar-refractivity contribution < 1.29 is 0 Å². The van der Waals surface area contributed by atoms with E-state index in [1.165, 1.54) is 22.4 Å². The molecule has 3 heteroatoms. The molecule has 0 unspecified atom stereocenters. The summed E-state index contributed by atoms with van der Waals surface area (Å²) >= 11 is 0. The minimum atomic E-state index is 0.909. The van der Waals surface area contributed by atoms with Gasteiger partial charge in [0.2, 0.25) is 0 Å². The molecule has 2 rings (SSSR count). The fourth-order valence-electron chi connectivity index (χ4n) is 2.49. The van der Waals surface area contributed by atoms with Crippen LogP contribution in [-0.4, -0.2) is 35.3 Å². The fourth-order valence-corrected chi connectivity index (χ4v) is 2.49. The summed E-state index contributed by atoms with van der Waals surface area (Å²) in [6.45, 7) is 8.38. The quantitative estimate of drug-likeness (QED) is 0.832. The topological polar surface area (TPSA) is 21.1 Å². The highest BCUT2D eigenvalue weighted by atomic mass is 15.3. The third kappa shape index (κ3) is 3.10. The first-order valence-electron chi connectivity index (χ1n) is 7.31. The summed E-state index contributed by atoms with van der Waals surface area (Å²) in [7, 11) is 4.23. The van der Waals surface area contributed by atoms with E-state index in [4.69, 9.17) is 0 Å². The predicted octanol–water partition coefficient (Wildman–Crippen LogP) is 3.29. The van der Waals surface area contributed by atoms with Crippen LogP contribution in [0.15, 0.2) is 24.3 Å². The zero-order valence-electron chi connectivity index (χ0n) is 13.3. The highest BCUT2D eigenvalue weighted by molar-refractivity contribution is 5.65. The van der Waals surface area contributed by atoms with Crippen LogP contribution >= 0.6 is 0 Å². The number of rotatable bonds is 5. The van der Waals surface area contributed by atoms with Gasteiger partial charge < -0.3 is 4.90 Å². The maximum atomic E-state index is 4.62. The van der Waals surface area contributed by atoms with Crippen molar-refractivity contribution in [1.82, 2.24) is 14.7 Å². The van der Waals surface area contributed by atoms with E-state index in [-0.39, 0.29) is 0 Å². The van der Waals surface area contributed by atoms with Crippen molar-refractivity contribution in [3.05, 3.63) is 41.1 Å². The minimum Gasteiger partial charge on any atom is -0.309 e. The van der Waals surface area contributed by atoms with E-state index in [9.17, 15) is 0 Å². The van der Waals surface area contributed by atoms with Crippen LogP contribution in [0.3, 0.4) is 0 Å². The molecule has 1 heterocycles. The standard InChI is InChI=1S/C17H25N3/c1-6-20-17(13(2)14(3)18-20)16-9-7-8-15(12-16)10-11-19(4)5/h7-9,12H,6,10-11H2,1-5H3. The lowest BCUT2D eigenvalue weighted by Gasteiger charge is -2.11. The lowest BCUT2D eigenvalue weighted by atomic mass is 10.0. The van der Waals surface area contributed by atoms with Crippen LogP contribution in [0.25, 0.3) is 11.3 Å². The fraction of sp³-hybridized carbons (Fsp3) is 0.471. The Morgan fingerprint density at radius 2 is 1.95 bits per heavy atom. The molecule has 0 amide bonds. The summed E-state index contributed by atoms with van der Waals surface area (Å²) < 4.78 is 2.11. The molecular formula is C17H25N3. The molecule has 0 aliphatic heterocycles. The molecule has 0 saturated carbocycles. The molecule has 0 aliphatic rings. The Hall–Kier alpha value is -1.61. The second kappa shape index (κ2) is 6.23. The smallest absolute Gasteiger partial charge is 0.0714 e. The Bertz CT molecular complexity index is 582. The molecule has 0 saturated heterocycles. The van der Waals surface area contributed by atoms with Crippen molar-refractivity contribution >= 4 is 0 Å². The summed E-state index contributed by atoms with van der Waals surface area (Å²) in [6, 6.07) is 8.86. The van der Waals surface area contributed by atoms with Crippen molar-refractivity contribution in [2.45, 2.75) is 33.7 Å². The third-order valence-electron chi connectivity index (χ3n) is 3.77. The van der Waals surface area contributed by atoms with E-state index in [0.717, 1.165) is 25.2 Å². The van der Waals surface area contributed by atoms with Crippen molar-refractivity contribution in [3.8, 4) is 11.3 Å². The molecule has 3 nitrogen and oxygen atoms in total. The van der Waals surface area contributed by atoms with Gasteiger partial charge in [0, 0.05) is 18.7 Å². The number of aryl methyl sites for hydroxylation is 2. The Kier molecular flexibility index (Phi) is 4.61. The van der Waals surface area contributed by atoms with Gasteiger partial charge >= 0.3 is 0 Å². The number of likely N-dealkylation sites (N-methyl/N-ethyl adjacent to an activating group) is 1. The lowest BCUT2D eigenvalue weighted by Crippen LogP contribution is -2.15. The van der Waals surface area contributed by atoms with Crippen LogP contribution in [0.5, 0.6) is 0 Å². The molecule has 0 spiro atoms. The normalized spacial score (nSPS) is 11.3. The molecule has 0 radical (unpaired) electrons. The van der Waals surface area contributed by atoms with E-state index in [1.54, 1.807) is 0 Å². The highest BCUT2D eigenvalue weighted by Crippen LogP contribution is 2.26. The van der Waals surface area contributed by atoms with Crippen LogP contribution in [0.2, 0.25) is 0 Å². The van der Waals surface area contributed by atoms with Gasteiger partial charge in [-0.3, -0.25) is 4.68 Å². The molecule has 108 valence electrons. The Balaban J connectivity index is 2.36. The largest absolute Gasteiger partial charge is 0.309 e. The van der Waals surface area contributed by atoms with Crippen molar-refractivity contribution in [1.29, 1.82) is 0 Å². The maximum absolute atomic E-state index is 4.62. The number of nitrogens with zero attached hydrogens (tertiary/aromatic N) is 3. The lowest BCUT2D eigenvalue weighted by molar-refractivity contribution is 0.413. The first kappa shape index (κ1) is 14.8. The maximum Gasteiger partial charge on any atom is 0.0714 e. The monoisotopic (exact) mass is 271 g/mol. The van der Waals surface area contributed by atoms with Gasteiger partial charge in [-0.15, -0.1) is 0 Å². The van der Waals surface area contributed by atoms with Gasteiger partial charge in [0.1, 0.15) is 0 Å². The average molecular weight is 271 g/mol. The van der Waals surface area contributed by atoms with Crippen molar-refractivity contribution in [3.63, 3.8) is 0 Å². The van der Waals surface area contributed by atoms with Crippen LogP contribution in [0.1, 0.15) is 23.7 Å². The van der Waals surface area contributed by atoms with Crippen molar-refractivity contribution in [2.24, 2.45) is 0 Å². The molecule has 1 aromatic carbocycles. The first-order chi connectivity index (χ1) is 9.52. The molecule has 0 bridgehead atoms. The van der Waals surface area contributed by atoms with Crippen LogP contribution in [-0.2, 0) is 13.0 Å². The third-order valence-corrected chi connectivity index (χ3v) is 3.77. The van der Waals surface area contributed by atoms with Crippen LogP contribution in [0.4, 0.5) is 0 Å². The van der Waals surface area contributed by atoms with Crippen molar-refractivity contribution in [2.75, 3.05) is 20.6 Å². The minimum absolute atomic E-state index is 0.909. The zero-order chi connectivity index (χ0) is 14.7. The average Bonchev–Trinajstić information content (AvgIpc) is 2.72. The second-order valence-corrected chi connectivity index (χ2v) is 5.63. The van der Waals surface area contributed by atoms with E-state index in [2.05, 4.69) is 73.8 Å². The van der Waals surface area contributed by atoms with E-state index < -0.39 is 0 Å². The second-order valence-electron chi connectivity index (χ2n) is 5.63. The van der Waals surface area contributed by atoms with Gasteiger partial charge in [0.15, 0.2) is 0 Å². The summed E-state index contributed by atoms with van der Waals surface area (Å²) in [5.74, 6) is 0. The Labute approximate surface area is 122 Å².